The maximum absolute atomic E-state index is 12.8. The monoisotopic (exact) mass is 383 g/mol. The van der Waals surface area contributed by atoms with E-state index in [-0.39, 0.29) is 18.5 Å². The molecule has 0 bridgehead atoms. The third-order valence-electron chi connectivity index (χ3n) is 4.63. The summed E-state index contributed by atoms with van der Waals surface area (Å²) in [6.07, 6.45) is 0.0844. The summed E-state index contributed by atoms with van der Waals surface area (Å²) in [5, 5.41) is 8.89. The Morgan fingerprint density at radius 2 is 1.89 bits per heavy atom. The second-order valence-corrected chi connectivity index (χ2v) is 6.52. The summed E-state index contributed by atoms with van der Waals surface area (Å²) in [5.41, 5.74) is 1.25. The molecule has 1 aliphatic rings. The van der Waals surface area contributed by atoms with Crippen LogP contribution in [-0.4, -0.2) is 41.4 Å². The lowest BCUT2D eigenvalue weighted by Crippen LogP contribution is -2.34. The van der Waals surface area contributed by atoms with Gasteiger partial charge in [-0.15, -0.1) is 0 Å². The van der Waals surface area contributed by atoms with Crippen LogP contribution in [0.1, 0.15) is 28.8 Å². The minimum Gasteiger partial charge on any atom is -0.493 e. The first-order valence-corrected chi connectivity index (χ1v) is 8.92. The van der Waals surface area contributed by atoms with E-state index in [4.69, 9.17) is 14.6 Å². The van der Waals surface area contributed by atoms with E-state index in [0.29, 0.717) is 24.5 Å². The van der Waals surface area contributed by atoms with Crippen molar-refractivity contribution < 1.29 is 29.0 Å². The lowest BCUT2D eigenvalue weighted by Gasteiger charge is -2.16. The lowest BCUT2D eigenvalue weighted by atomic mass is 10.0. The molecule has 1 fully saturated rings. The molecule has 0 radical (unpaired) electrons. The Balaban J connectivity index is 1.76. The van der Waals surface area contributed by atoms with E-state index in [2.05, 4.69) is 0 Å². The number of carbonyl (C=O) groups excluding carboxylic acids is 2. The van der Waals surface area contributed by atoms with Crippen LogP contribution < -0.4 is 9.47 Å². The van der Waals surface area contributed by atoms with Crippen LogP contribution in [0.3, 0.4) is 0 Å². The van der Waals surface area contributed by atoms with Gasteiger partial charge in [0.25, 0.3) is 5.91 Å². The fraction of sp³-hybridized carbons (Fsp3) is 0.286. The van der Waals surface area contributed by atoms with Gasteiger partial charge in [0, 0.05) is 12.1 Å². The number of ether oxygens (including phenoxy) is 2. The van der Waals surface area contributed by atoms with Crippen molar-refractivity contribution in [3.8, 4) is 11.5 Å². The molecule has 1 aliphatic heterocycles. The van der Waals surface area contributed by atoms with Gasteiger partial charge in [0.2, 0.25) is 5.91 Å². The molecule has 3 rings (SSSR count). The van der Waals surface area contributed by atoms with Crippen molar-refractivity contribution in [3.63, 3.8) is 0 Å². The van der Waals surface area contributed by atoms with E-state index in [1.165, 1.54) is 7.11 Å². The molecule has 7 nitrogen and oxygen atoms in total. The molecule has 1 atom stereocenters. The summed E-state index contributed by atoms with van der Waals surface area (Å²) in [5.74, 6) is -1.75. The van der Waals surface area contributed by atoms with Crippen LogP contribution in [0.15, 0.2) is 48.5 Å². The van der Waals surface area contributed by atoms with Gasteiger partial charge in [0.15, 0.2) is 11.5 Å². The van der Waals surface area contributed by atoms with E-state index in [1.807, 2.05) is 30.3 Å². The molecule has 1 heterocycles. The van der Waals surface area contributed by atoms with Crippen LogP contribution in [0.2, 0.25) is 0 Å². The molecule has 7 heteroatoms. The molecule has 146 valence electrons. The van der Waals surface area contributed by atoms with Gasteiger partial charge in [-0.05, 0) is 30.2 Å². The highest BCUT2D eigenvalue weighted by Gasteiger charge is 2.37. The molecule has 0 aliphatic carbocycles. The van der Waals surface area contributed by atoms with E-state index in [0.717, 1.165) is 10.5 Å². The van der Waals surface area contributed by atoms with Crippen LogP contribution in [0.25, 0.3) is 0 Å². The van der Waals surface area contributed by atoms with Crippen molar-refractivity contribution in [2.24, 2.45) is 5.92 Å². The molecular weight excluding hydrogens is 362 g/mol. The highest BCUT2D eigenvalue weighted by molar-refractivity contribution is 6.07. The Hall–Kier alpha value is -3.35. The quantitative estimate of drug-likeness (QED) is 0.739. The first-order valence-electron chi connectivity index (χ1n) is 8.92. The molecule has 1 saturated heterocycles. The largest absolute Gasteiger partial charge is 0.493 e. The SMILES string of the molecule is COc1ccc(C(=O)N2CC[C@H](CC(=O)O)C2=O)cc1OCc1ccccc1. The molecule has 28 heavy (non-hydrogen) atoms. The number of rotatable bonds is 7. The van der Waals surface area contributed by atoms with Gasteiger partial charge in [0.05, 0.1) is 19.4 Å². The van der Waals surface area contributed by atoms with Gasteiger partial charge in [-0.2, -0.15) is 0 Å². The predicted octanol–water partition coefficient (Wildman–Crippen LogP) is 2.74. The van der Waals surface area contributed by atoms with Gasteiger partial charge < -0.3 is 14.6 Å². The van der Waals surface area contributed by atoms with E-state index >= 15 is 0 Å². The lowest BCUT2D eigenvalue weighted by molar-refractivity contribution is -0.141. The number of aliphatic carboxylic acids is 1. The Bertz CT molecular complexity index is 880. The summed E-state index contributed by atoms with van der Waals surface area (Å²) in [7, 11) is 1.51. The first kappa shape index (κ1) is 19.4. The number of hydrogen-bond acceptors (Lipinski definition) is 5. The molecule has 2 aromatic rings. The second-order valence-electron chi connectivity index (χ2n) is 6.52. The fourth-order valence-electron chi connectivity index (χ4n) is 3.15. The third kappa shape index (κ3) is 4.31. The topological polar surface area (TPSA) is 93.1 Å². The van der Waals surface area contributed by atoms with Crippen LogP contribution in [-0.2, 0) is 16.2 Å². The predicted molar refractivity (Wildman–Crippen MR) is 100 cm³/mol. The van der Waals surface area contributed by atoms with Crippen LogP contribution in [0.4, 0.5) is 0 Å². The number of carboxylic acids is 1. The average Bonchev–Trinajstić information content (AvgIpc) is 3.06. The average molecular weight is 383 g/mol. The number of amides is 2. The first-order chi connectivity index (χ1) is 13.5. The van der Waals surface area contributed by atoms with Crippen molar-refractivity contribution in [1.82, 2.24) is 4.90 Å². The smallest absolute Gasteiger partial charge is 0.304 e. The zero-order valence-corrected chi connectivity index (χ0v) is 15.5. The molecule has 0 saturated carbocycles. The number of nitrogens with zero attached hydrogens (tertiary/aromatic N) is 1. The van der Waals surface area contributed by atoms with Crippen LogP contribution in [0.5, 0.6) is 11.5 Å². The Labute approximate surface area is 162 Å². The van der Waals surface area contributed by atoms with Gasteiger partial charge in [0.1, 0.15) is 6.61 Å². The maximum atomic E-state index is 12.8. The summed E-state index contributed by atoms with van der Waals surface area (Å²) < 4.78 is 11.1. The number of hydrogen-bond donors (Lipinski definition) is 1. The molecule has 0 aromatic heterocycles. The molecule has 0 unspecified atom stereocenters. The number of carboxylic acid groups (broad SMARTS) is 1. The molecular formula is C21H21NO6. The second kappa shape index (κ2) is 8.56. The van der Waals surface area contributed by atoms with Gasteiger partial charge in [-0.25, -0.2) is 0 Å². The van der Waals surface area contributed by atoms with Crippen LogP contribution >= 0.6 is 0 Å². The number of carbonyl (C=O) groups is 3. The molecule has 2 aromatic carbocycles. The Morgan fingerprint density at radius 1 is 1.14 bits per heavy atom. The van der Waals surface area contributed by atoms with Crippen molar-refractivity contribution in [2.75, 3.05) is 13.7 Å². The number of benzene rings is 2. The van der Waals surface area contributed by atoms with Crippen molar-refractivity contribution >= 4 is 17.8 Å². The fourth-order valence-corrected chi connectivity index (χ4v) is 3.15. The minimum absolute atomic E-state index is 0.210. The highest BCUT2D eigenvalue weighted by Crippen LogP contribution is 2.30. The highest BCUT2D eigenvalue weighted by atomic mass is 16.5. The van der Waals surface area contributed by atoms with E-state index in [9.17, 15) is 14.4 Å². The number of imide groups is 1. The number of methoxy groups -OCH3 is 1. The van der Waals surface area contributed by atoms with Gasteiger partial charge in [-0.1, -0.05) is 30.3 Å². The molecule has 2 amide bonds. The van der Waals surface area contributed by atoms with E-state index in [1.54, 1.807) is 18.2 Å². The summed E-state index contributed by atoms with van der Waals surface area (Å²) in [6, 6.07) is 14.3. The van der Waals surface area contributed by atoms with Gasteiger partial charge >= 0.3 is 5.97 Å². The third-order valence-corrected chi connectivity index (χ3v) is 4.63. The molecule has 1 N–H and O–H groups in total. The summed E-state index contributed by atoms with van der Waals surface area (Å²) >= 11 is 0. The van der Waals surface area contributed by atoms with Gasteiger partial charge in [-0.3, -0.25) is 19.3 Å². The zero-order valence-electron chi connectivity index (χ0n) is 15.5. The van der Waals surface area contributed by atoms with Crippen molar-refractivity contribution in [3.05, 3.63) is 59.7 Å². The van der Waals surface area contributed by atoms with E-state index < -0.39 is 23.7 Å². The normalized spacial score (nSPS) is 16.1. The summed E-state index contributed by atoms with van der Waals surface area (Å²) in [6.45, 7) is 0.514. The Morgan fingerprint density at radius 3 is 2.57 bits per heavy atom. The number of likely N-dealkylation sites (tertiary alicyclic amines) is 1. The minimum atomic E-state index is -1.05. The molecule has 0 spiro atoms. The maximum Gasteiger partial charge on any atom is 0.304 e. The van der Waals surface area contributed by atoms with Crippen molar-refractivity contribution in [2.45, 2.75) is 19.4 Å². The Kier molecular flexibility index (Phi) is 5.93. The summed E-state index contributed by atoms with van der Waals surface area (Å²) in [4.78, 5) is 37.1. The standard InChI is InChI=1S/C21H21NO6/c1-27-17-8-7-15(11-18(17)28-13-14-5-3-2-4-6-14)20(25)22-10-9-16(21(22)26)12-19(23)24/h2-8,11,16H,9-10,12-13H2,1H3,(H,23,24)/t16-/m1/s1. The van der Waals surface area contributed by atoms with Crippen molar-refractivity contribution in [1.29, 1.82) is 0 Å². The van der Waals surface area contributed by atoms with Crippen LogP contribution in [0, 0.1) is 5.92 Å². The zero-order chi connectivity index (χ0) is 20.1.